The Morgan fingerprint density at radius 2 is 0.510 bits per heavy atom. The summed E-state index contributed by atoms with van der Waals surface area (Å²) in [6.07, 6.45) is 76.1. The number of rotatable bonds is 79. The molecule has 0 aromatic rings. The Balaban J connectivity index is 5.32. The lowest BCUT2D eigenvalue weighted by atomic mass is 10.0. The van der Waals surface area contributed by atoms with Crippen molar-refractivity contribution in [3.63, 3.8) is 0 Å². The summed E-state index contributed by atoms with van der Waals surface area (Å²) in [7, 11) is -9.94. The first-order valence-electron chi connectivity index (χ1n) is 41.5. The van der Waals surface area contributed by atoms with Gasteiger partial charge in [0.15, 0.2) is 12.2 Å². The topological polar surface area (TPSA) is 237 Å². The second kappa shape index (κ2) is 76.0. The fraction of sp³-hybridized carbons (Fsp3) is 0.831. The van der Waals surface area contributed by atoms with Crippen molar-refractivity contribution in [2.24, 2.45) is 0 Å². The second-order valence-electron chi connectivity index (χ2n) is 28.1. The van der Waals surface area contributed by atoms with Crippen LogP contribution in [0, 0.1) is 0 Å². The fourth-order valence-corrected chi connectivity index (χ4v) is 13.3. The maximum absolute atomic E-state index is 13.1. The average molecular weight is 1480 g/mol. The van der Waals surface area contributed by atoms with Crippen LogP contribution in [0.25, 0.3) is 0 Å². The number of unbranched alkanes of at least 4 members (excludes halogenated alkanes) is 43. The molecular formula is C83H152O17P2. The van der Waals surface area contributed by atoms with Crippen LogP contribution in [0.5, 0.6) is 0 Å². The molecule has 0 spiro atoms. The molecule has 19 heteroatoms. The molecule has 0 rings (SSSR count). The molecule has 0 aliphatic carbocycles. The van der Waals surface area contributed by atoms with Gasteiger partial charge in [0.2, 0.25) is 0 Å². The third kappa shape index (κ3) is 75.0. The van der Waals surface area contributed by atoms with Gasteiger partial charge in [-0.05, 0) is 70.6 Å². The van der Waals surface area contributed by atoms with Crippen molar-refractivity contribution >= 4 is 39.5 Å². The summed E-state index contributed by atoms with van der Waals surface area (Å²) in [6, 6.07) is 0. The minimum atomic E-state index is -4.98. The molecule has 596 valence electrons. The number of phosphoric ester groups is 2. The van der Waals surface area contributed by atoms with E-state index in [4.69, 9.17) is 37.0 Å². The van der Waals surface area contributed by atoms with Crippen LogP contribution in [0.15, 0.2) is 60.8 Å². The third-order valence-electron chi connectivity index (χ3n) is 18.0. The predicted octanol–water partition coefficient (Wildman–Crippen LogP) is 24.2. The Kier molecular flexibility index (Phi) is 73.6. The highest BCUT2D eigenvalue weighted by atomic mass is 31.2. The van der Waals surface area contributed by atoms with Gasteiger partial charge in [-0.15, -0.1) is 0 Å². The third-order valence-corrected chi connectivity index (χ3v) is 19.9. The lowest BCUT2D eigenvalue weighted by Gasteiger charge is -2.21. The smallest absolute Gasteiger partial charge is 0.462 e. The number of allylic oxidation sites excluding steroid dienone is 10. The zero-order chi connectivity index (χ0) is 74.6. The highest BCUT2D eigenvalue weighted by Crippen LogP contribution is 2.45. The number of phosphoric acid groups is 2. The van der Waals surface area contributed by atoms with Gasteiger partial charge in [0.25, 0.3) is 0 Å². The fourth-order valence-electron chi connectivity index (χ4n) is 11.7. The second-order valence-corrected chi connectivity index (χ2v) is 31.0. The molecule has 17 nitrogen and oxygen atoms in total. The lowest BCUT2D eigenvalue weighted by Crippen LogP contribution is -2.30. The van der Waals surface area contributed by atoms with Crippen LogP contribution in [0.3, 0.4) is 0 Å². The van der Waals surface area contributed by atoms with Gasteiger partial charge < -0.3 is 33.8 Å². The molecule has 0 aromatic carbocycles. The van der Waals surface area contributed by atoms with E-state index < -0.39 is 97.5 Å². The van der Waals surface area contributed by atoms with Crippen molar-refractivity contribution < 1.29 is 80.2 Å². The SMILES string of the molecule is CC/C=C\C/C=C\C/C=C\C/C=C\C/C=C\CCCCCC(=O)OCC(COP(=O)(O)OCC(O)COP(=O)(O)OCC(COC(=O)CCCCCCCCCCCCCCCCC)OC(=O)CCCCCCCCCCCCCCCCC)OC(=O)CCCCCCCCCCCCCCC. The van der Waals surface area contributed by atoms with Crippen LogP contribution in [0.1, 0.15) is 387 Å². The largest absolute Gasteiger partial charge is 0.472 e. The summed E-state index contributed by atoms with van der Waals surface area (Å²) >= 11 is 0. The van der Waals surface area contributed by atoms with Crippen LogP contribution in [0.4, 0.5) is 0 Å². The number of ether oxygens (including phenoxy) is 4. The summed E-state index contributed by atoms with van der Waals surface area (Å²) in [5, 5.41) is 10.6. The first kappa shape index (κ1) is 98.8. The van der Waals surface area contributed by atoms with Gasteiger partial charge in [-0.2, -0.15) is 0 Å². The number of aliphatic hydroxyl groups is 1. The minimum absolute atomic E-state index is 0.0937. The van der Waals surface area contributed by atoms with E-state index in [1.54, 1.807) is 0 Å². The van der Waals surface area contributed by atoms with Crippen LogP contribution < -0.4 is 0 Å². The van der Waals surface area contributed by atoms with Crippen molar-refractivity contribution in [1.29, 1.82) is 0 Å². The van der Waals surface area contributed by atoms with Gasteiger partial charge in [-0.3, -0.25) is 37.3 Å². The molecule has 0 saturated heterocycles. The summed E-state index contributed by atoms with van der Waals surface area (Å²) in [4.78, 5) is 73.1. The van der Waals surface area contributed by atoms with Gasteiger partial charge in [0, 0.05) is 25.7 Å². The molecule has 3 N–H and O–H groups in total. The van der Waals surface area contributed by atoms with Crippen molar-refractivity contribution in [3.8, 4) is 0 Å². The maximum Gasteiger partial charge on any atom is 0.472 e. The Morgan fingerprint density at radius 1 is 0.284 bits per heavy atom. The molecule has 5 atom stereocenters. The monoisotopic (exact) mass is 1480 g/mol. The molecule has 0 fully saturated rings. The molecular weight excluding hydrogens is 1330 g/mol. The van der Waals surface area contributed by atoms with E-state index >= 15 is 0 Å². The molecule has 102 heavy (non-hydrogen) atoms. The number of hydrogen-bond donors (Lipinski definition) is 3. The summed E-state index contributed by atoms with van der Waals surface area (Å²) in [5.41, 5.74) is 0. The summed E-state index contributed by atoms with van der Waals surface area (Å²) in [5.74, 6) is -2.17. The predicted molar refractivity (Wildman–Crippen MR) is 418 cm³/mol. The van der Waals surface area contributed by atoms with Gasteiger partial charge in [0.05, 0.1) is 26.4 Å². The zero-order valence-electron chi connectivity index (χ0n) is 65.3. The molecule has 0 radical (unpaired) electrons. The molecule has 0 amide bonds. The number of hydrogen-bond acceptors (Lipinski definition) is 15. The van der Waals surface area contributed by atoms with Gasteiger partial charge in [-0.1, -0.05) is 352 Å². The summed E-state index contributed by atoms with van der Waals surface area (Å²) in [6.45, 7) is 4.83. The van der Waals surface area contributed by atoms with E-state index in [-0.39, 0.29) is 25.7 Å². The molecule has 0 aromatic heterocycles. The molecule has 0 aliphatic rings. The van der Waals surface area contributed by atoms with Crippen LogP contribution in [0.2, 0.25) is 0 Å². The van der Waals surface area contributed by atoms with E-state index in [1.165, 1.54) is 186 Å². The quantitative estimate of drug-likeness (QED) is 0.0169. The van der Waals surface area contributed by atoms with Crippen molar-refractivity contribution in [2.75, 3.05) is 39.6 Å². The lowest BCUT2D eigenvalue weighted by molar-refractivity contribution is -0.161. The Morgan fingerprint density at radius 3 is 0.784 bits per heavy atom. The Labute approximate surface area is 622 Å². The zero-order valence-corrected chi connectivity index (χ0v) is 67.1. The first-order valence-corrected chi connectivity index (χ1v) is 44.5. The standard InChI is InChI=1S/C83H152O17P2/c1-5-9-13-17-21-25-29-33-36-37-38-39-42-45-48-52-56-60-64-68-81(86)94-73-78(99-82(87)69-65-61-57-53-49-43-32-28-24-20-16-12-8-4)75-97-101(89,90)95-71-77(84)72-96-102(91,92)98-76-79(100-83(88)70-66-62-58-54-50-46-41-35-31-27-23-19-15-11-7-3)74-93-80(85)67-63-59-55-51-47-44-40-34-30-26-22-18-14-10-6-2/h9,13,21,25,33,36,38-39,45,48,77-79,84H,5-8,10-12,14-20,22-24,26-32,34-35,37,40-44,46-47,49-76H2,1-4H3,(H,89,90)(H,91,92)/b13-9-,25-21-,36-33-,39-38-,48-45-. The summed E-state index contributed by atoms with van der Waals surface area (Å²) < 4.78 is 68.7. The van der Waals surface area contributed by atoms with Gasteiger partial charge >= 0.3 is 39.5 Å². The Bertz CT molecular complexity index is 2170. The Hall–Kier alpha value is -3.24. The van der Waals surface area contributed by atoms with Gasteiger partial charge in [-0.25, -0.2) is 9.13 Å². The van der Waals surface area contributed by atoms with E-state index in [1.807, 2.05) is 0 Å². The molecule has 0 heterocycles. The van der Waals surface area contributed by atoms with Crippen molar-refractivity contribution in [1.82, 2.24) is 0 Å². The number of carbonyl (C=O) groups is 4. The highest BCUT2D eigenvalue weighted by molar-refractivity contribution is 7.47. The molecule has 0 bridgehead atoms. The number of aliphatic hydroxyl groups excluding tert-OH is 1. The van der Waals surface area contributed by atoms with Crippen molar-refractivity contribution in [2.45, 2.75) is 406 Å². The van der Waals surface area contributed by atoms with E-state index in [0.717, 1.165) is 122 Å². The van der Waals surface area contributed by atoms with E-state index in [9.17, 15) is 43.2 Å². The molecule has 0 aliphatic heterocycles. The van der Waals surface area contributed by atoms with Crippen LogP contribution >= 0.6 is 15.6 Å². The van der Waals surface area contributed by atoms with E-state index in [2.05, 4.69) is 88.5 Å². The average Bonchev–Trinajstić information content (AvgIpc) is 0.908. The number of carbonyl (C=O) groups excluding carboxylic acids is 4. The minimum Gasteiger partial charge on any atom is -0.462 e. The normalized spacial score (nSPS) is 14.1. The van der Waals surface area contributed by atoms with Gasteiger partial charge in [0.1, 0.15) is 19.3 Å². The van der Waals surface area contributed by atoms with Crippen LogP contribution in [-0.2, 0) is 65.4 Å². The van der Waals surface area contributed by atoms with E-state index in [0.29, 0.717) is 25.7 Å². The number of esters is 4. The van der Waals surface area contributed by atoms with Crippen molar-refractivity contribution in [3.05, 3.63) is 60.8 Å². The maximum atomic E-state index is 13.1. The molecule has 5 unspecified atom stereocenters. The molecule has 0 saturated carbocycles. The first-order chi connectivity index (χ1) is 49.7. The highest BCUT2D eigenvalue weighted by Gasteiger charge is 2.30. The van der Waals surface area contributed by atoms with Crippen LogP contribution in [-0.4, -0.2) is 96.7 Å².